The van der Waals surface area contributed by atoms with Crippen LogP contribution in [0.3, 0.4) is 0 Å². The zero-order valence-electron chi connectivity index (χ0n) is 38.8. The smallest absolute Gasteiger partial charge is 0.143 e. The summed E-state index contributed by atoms with van der Waals surface area (Å²) in [6, 6.07) is 83.4. The Morgan fingerprint density at radius 1 is 0.294 bits per heavy atom. The Labute approximate surface area is 399 Å². The van der Waals surface area contributed by atoms with E-state index in [-0.39, 0.29) is 16.7 Å². The van der Waals surface area contributed by atoms with Crippen LogP contribution in [0, 0.1) is 0 Å². The summed E-state index contributed by atoms with van der Waals surface area (Å²) in [6.07, 6.45) is 0. The number of fused-ring (bicyclic) bond motifs is 9. The number of furan rings is 1. The van der Waals surface area contributed by atoms with Crippen LogP contribution in [0.25, 0.3) is 88.7 Å². The first kappa shape index (κ1) is 40.3. The van der Waals surface area contributed by atoms with E-state index >= 15 is 0 Å². The van der Waals surface area contributed by atoms with Gasteiger partial charge in [-0.05, 0) is 118 Å². The molecule has 0 saturated carbocycles. The molecule has 1 aromatic heterocycles. The summed E-state index contributed by atoms with van der Waals surface area (Å²) in [5.41, 5.74) is 26.0. The highest BCUT2D eigenvalue weighted by Crippen LogP contribution is 2.53. The lowest BCUT2D eigenvalue weighted by atomic mass is 9.77. The maximum atomic E-state index is 6.41. The summed E-state index contributed by atoms with van der Waals surface area (Å²) in [4.78, 5) is 0. The normalized spacial score (nSPS) is 14.0. The average molecular weight is 871 g/mol. The van der Waals surface area contributed by atoms with Gasteiger partial charge in [-0.2, -0.15) is 0 Å². The molecule has 0 N–H and O–H groups in total. The highest BCUT2D eigenvalue weighted by molar-refractivity contribution is 6.09. The van der Waals surface area contributed by atoms with E-state index in [1.165, 1.54) is 94.6 Å². The minimum atomic E-state index is -0.167. The monoisotopic (exact) mass is 870 g/mol. The first-order valence-electron chi connectivity index (χ1n) is 24.0. The van der Waals surface area contributed by atoms with Crippen LogP contribution in [0.2, 0.25) is 0 Å². The Balaban J connectivity index is 0.892. The molecule has 0 bridgehead atoms. The van der Waals surface area contributed by atoms with Crippen LogP contribution in [-0.2, 0) is 10.8 Å². The maximum Gasteiger partial charge on any atom is 0.143 e. The van der Waals surface area contributed by atoms with E-state index in [0.29, 0.717) is 0 Å². The molecule has 324 valence electrons. The van der Waals surface area contributed by atoms with Crippen molar-refractivity contribution in [3.05, 3.63) is 263 Å². The lowest BCUT2D eigenvalue weighted by Gasteiger charge is -2.26. The molecule has 11 aromatic rings. The van der Waals surface area contributed by atoms with Gasteiger partial charge in [0, 0.05) is 33.1 Å². The second-order valence-electron chi connectivity index (χ2n) is 20.0. The van der Waals surface area contributed by atoms with Gasteiger partial charge < -0.3 is 4.42 Å². The molecule has 0 amide bonds. The van der Waals surface area contributed by atoms with Gasteiger partial charge in [0.1, 0.15) is 11.2 Å². The SMILES string of the molecule is CC1(C)c2cc(-c3ccccc3)ccc2-c2ccc(C(c3ccc(-c4ccc(-c5cccc6c5oc5ccccc56)cc4)cc3)c3ccc4c(c3)C(C)(C)c3cc(-c5ccccc5)ccc3-4)cc21. The van der Waals surface area contributed by atoms with Crippen LogP contribution in [-0.4, -0.2) is 0 Å². The molecule has 0 spiro atoms. The summed E-state index contributed by atoms with van der Waals surface area (Å²) in [7, 11) is 0. The van der Waals surface area contributed by atoms with Gasteiger partial charge in [-0.1, -0.05) is 234 Å². The molecule has 0 radical (unpaired) electrons. The third kappa shape index (κ3) is 6.30. The van der Waals surface area contributed by atoms with E-state index in [1.807, 2.05) is 12.1 Å². The average Bonchev–Trinajstić information content (AvgIpc) is 3.96. The van der Waals surface area contributed by atoms with Crippen molar-refractivity contribution < 1.29 is 4.42 Å². The van der Waals surface area contributed by atoms with Crippen LogP contribution in [0.5, 0.6) is 0 Å². The number of rotatable bonds is 7. The Kier molecular flexibility index (Phi) is 9.05. The van der Waals surface area contributed by atoms with Crippen molar-refractivity contribution in [1.82, 2.24) is 0 Å². The third-order valence-electron chi connectivity index (χ3n) is 15.5. The molecular weight excluding hydrogens is 821 g/mol. The first-order valence-corrected chi connectivity index (χ1v) is 24.0. The van der Waals surface area contributed by atoms with Crippen molar-refractivity contribution in [3.63, 3.8) is 0 Å². The van der Waals surface area contributed by atoms with Crippen LogP contribution >= 0.6 is 0 Å². The van der Waals surface area contributed by atoms with E-state index < -0.39 is 0 Å². The summed E-state index contributed by atoms with van der Waals surface area (Å²) in [5, 5.41) is 2.30. The molecular formula is C67H50O. The number of hydrogen-bond acceptors (Lipinski definition) is 1. The highest BCUT2D eigenvalue weighted by Gasteiger charge is 2.38. The second-order valence-corrected chi connectivity index (χ2v) is 20.0. The quantitative estimate of drug-likeness (QED) is 0.145. The summed E-state index contributed by atoms with van der Waals surface area (Å²) < 4.78 is 6.41. The highest BCUT2D eigenvalue weighted by atomic mass is 16.3. The van der Waals surface area contributed by atoms with E-state index in [2.05, 4.69) is 240 Å². The standard InChI is InChI=1S/C67H50O/c1-66(2)59-38-48(42-14-7-5-8-15-42)30-34-53(59)55-36-32-50(40-61(55)66)64(51-33-37-56-54-35-31-49(43-16-9-6-10-17-43)39-60(54)67(3,4)62(56)41-51)47-28-24-45(25-29-47)44-22-26-46(27-23-44)52-19-13-20-58-57-18-11-12-21-63(57)68-65(52)58/h5-41,64H,1-4H3. The topological polar surface area (TPSA) is 13.1 Å². The van der Waals surface area contributed by atoms with E-state index in [1.54, 1.807) is 0 Å². The zero-order chi connectivity index (χ0) is 45.7. The molecule has 1 heteroatoms. The van der Waals surface area contributed by atoms with Gasteiger partial charge >= 0.3 is 0 Å². The minimum Gasteiger partial charge on any atom is -0.455 e. The van der Waals surface area contributed by atoms with Gasteiger partial charge in [-0.25, -0.2) is 0 Å². The fraction of sp³-hybridized carbons (Fsp3) is 0.104. The van der Waals surface area contributed by atoms with Crippen molar-refractivity contribution in [1.29, 1.82) is 0 Å². The van der Waals surface area contributed by atoms with Crippen LogP contribution in [0.1, 0.15) is 72.6 Å². The van der Waals surface area contributed by atoms with Crippen molar-refractivity contribution in [2.24, 2.45) is 0 Å². The van der Waals surface area contributed by atoms with Crippen LogP contribution in [0.15, 0.2) is 229 Å². The van der Waals surface area contributed by atoms with Crippen molar-refractivity contribution in [3.8, 4) is 66.8 Å². The number of hydrogen-bond donors (Lipinski definition) is 0. The molecule has 1 nitrogen and oxygen atoms in total. The first-order chi connectivity index (χ1) is 33.2. The Bertz CT molecular complexity index is 3600. The summed E-state index contributed by atoms with van der Waals surface area (Å²) in [6.45, 7) is 9.62. The lowest BCUT2D eigenvalue weighted by Crippen LogP contribution is -2.17. The molecule has 0 aliphatic heterocycles. The molecule has 68 heavy (non-hydrogen) atoms. The molecule has 13 rings (SSSR count). The third-order valence-corrected chi connectivity index (χ3v) is 15.5. The zero-order valence-corrected chi connectivity index (χ0v) is 38.8. The van der Waals surface area contributed by atoms with Gasteiger partial charge in [0.15, 0.2) is 0 Å². The maximum absolute atomic E-state index is 6.41. The fourth-order valence-electron chi connectivity index (χ4n) is 11.8. The van der Waals surface area contributed by atoms with Gasteiger partial charge in [0.25, 0.3) is 0 Å². The predicted molar refractivity (Wildman–Crippen MR) is 284 cm³/mol. The van der Waals surface area contributed by atoms with Crippen molar-refractivity contribution in [2.75, 3.05) is 0 Å². The van der Waals surface area contributed by atoms with E-state index in [9.17, 15) is 0 Å². The molecule has 0 saturated heterocycles. The summed E-state index contributed by atoms with van der Waals surface area (Å²) >= 11 is 0. The van der Waals surface area contributed by atoms with Gasteiger partial charge in [0.05, 0.1) is 0 Å². The van der Waals surface area contributed by atoms with Gasteiger partial charge in [0.2, 0.25) is 0 Å². The van der Waals surface area contributed by atoms with Gasteiger partial charge in [-0.15, -0.1) is 0 Å². The molecule has 0 atom stereocenters. The molecule has 1 heterocycles. The molecule has 0 fully saturated rings. The Hall–Kier alpha value is -8.00. The van der Waals surface area contributed by atoms with Crippen LogP contribution < -0.4 is 0 Å². The fourth-order valence-corrected chi connectivity index (χ4v) is 11.8. The molecule has 2 aliphatic carbocycles. The second kappa shape index (κ2) is 15.3. The largest absolute Gasteiger partial charge is 0.455 e. The van der Waals surface area contributed by atoms with Gasteiger partial charge in [-0.3, -0.25) is 0 Å². The summed E-state index contributed by atoms with van der Waals surface area (Å²) in [5.74, 6) is 0.0186. The minimum absolute atomic E-state index is 0.0186. The number of para-hydroxylation sites is 2. The predicted octanol–water partition coefficient (Wildman–Crippen LogP) is 18.0. The molecule has 10 aromatic carbocycles. The van der Waals surface area contributed by atoms with Crippen LogP contribution in [0.4, 0.5) is 0 Å². The van der Waals surface area contributed by atoms with E-state index in [4.69, 9.17) is 4.42 Å². The molecule has 2 aliphatic rings. The number of benzene rings is 10. The molecule has 0 unspecified atom stereocenters. The Morgan fingerprint density at radius 2 is 0.691 bits per heavy atom. The van der Waals surface area contributed by atoms with E-state index in [0.717, 1.165) is 33.1 Å². The lowest BCUT2D eigenvalue weighted by molar-refractivity contribution is 0.657. The van der Waals surface area contributed by atoms with Crippen molar-refractivity contribution in [2.45, 2.75) is 44.4 Å². The Morgan fingerprint density at radius 3 is 1.24 bits per heavy atom. The van der Waals surface area contributed by atoms with Crippen molar-refractivity contribution >= 4 is 21.9 Å².